The normalized spacial score (nSPS) is 13.9. The lowest BCUT2D eigenvalue weighted by Crippen LogP contribution is -1.99. The molecule has 0 saturated heterocycles. The Balaban J connectivity index is 2.72. The van der Waals surface area contributed by atoms with Gasteiger partial charge in [0.1, 0.15) is 0 Å². The first-order chi connectivity index (χ1) is 6.92. The summed E-state index contributed by atoms with van der Waals surface area (Å²) in [5.74, 6) is 0.398. The van der Waals surface area contributed by atoms with Crippen molar-refractivity contribution in [2.75, 3.05) is 0 Å². The monoisotopic (exact) mass is 234 g/mol. The largest absolute Gasteiger partial charge is 0.446 e. The minimum Gasteiger partial charge on any atom is -0.160 e. The van der Waals surface area contributed by atoms with Crippen LogP contribution in [-0.2, 0) is 0 Å². The van der Waals surface area contributed by atoms with Crippen LogP contribution in [0.2, 0.25) is 0 Å². The molecule has 1 aromatic carbocycles. The van der Waals surface area contributed by atoms with E-state index in [-0.39, 0.29) is 16.7 Å². The molecule has 0 fully saturated rings. The molecule has 0 radical (unpaired) electrons. The topological polar surface area (TPSA) is 0 Å². The van der Waals surface area contributed by atoms with Gasteiger partial charge < -0.3 is 0 Å². The van der Waals surface area contributed by atoms with E-state index in [1.807, 2.05) is 0 Å². The number of halogens is 3. The van der Waals surface area contributed by atoms with E-state index in [1.54, 1.807) is 12.1 Å². The van der Waals surface area contributed by atoms with Crippen LogP contribution in [0.1, 0.15) is 31.7 Å². The second kappa shape index (κ2) is 4.92. The van der Waals surface area contributed by atoms with Gasteiger partial charge in [0.2, 0.25) is 0 Å². The number of benzene rings is 1. The first-order valence-corrected chi connectivity index (χ1v) is 5.59. The molecule has 4 heteroatoms. The molecule has 0 N–H and O–H groups in total. The lowest BCUT2D eigenvalue weighted by atomic mass is 9.99. The van der Waals surface area contributed by atoms with Gasteiger partial charge in [0.25, 0.3) is 0 Å². The first-order valence-electron chi connectivity index (χ1n) is 4.78. The molecule has 1 rings (SSSR count). The van der Waals surface area contributed by atoms with E-state index in [2.05, 4.69) is 13.8 Å². The highest BCUT2D eigenvalue weighted by Gasteiger charge is 2.28. The second-order valence-electron chi connectivity index (χ2n) is 3.43. The molecule has 0 aliphatic rings. The summed E-state index contributed by atoms with van der Waals surface area (Å²) in [5.41, 5.74) is -3.11. The minimum absolute atomic E-state index is 0.0712. The Hall–Kier alpha value is -0.640. The third kappa shape index (κ3) is 4.16. The Morgan fingerprint density at radius 1 is 1.20 bits per heavy atom. The molecule has 0 nitrogen and oxygen atoms in total. The van der Waals surface area contributed by atoms with Crippen LogP contribution in [0.5, 0.6) is 0 Å². The van der Waals surface area contributed by atoms with Crippen molar-refractivity contribution in [3.8, 4) is 0 Å². The van der Waals surface area contributed by atoms with Crippen molar-refractivity contribution in [2.45, 2.75) is 36.6 Å². The summed E-state index contributed by atoms with van der Waals surface area (Å²) < 4.78 is 36.1. The van der Waals surface area contributed by atoms with Crippen molar-refractivity contribution < 1.29 is 13.2 Å². The van der Waals surface area contributed by atoms with E-state index >= 15 is 0 Å². The van der Waals surface area contributed by atoms with Crippen molar-refractivity contribution in [1.82, 2.24) is 0 Å². The molecule has 0 bridgehead atoms. The standard InChI is InChI=1S/C11H13F3S/c1-3-8(2)9-4-6-10(7-5-9)15-11(12,13)14/h4-8H,3H2,1-2H3. The van der Waals surface area contributed by atoms with Crippen molar-refractivity contribution in [3.05, 3.63) is 29.8 Å². The molecule has 15 heavy (non-hydrogen) atoms. The SMILES string of the molecule is CCC(C)c1ccc(SC(F)(F)F)cc1. The molecule has 0 amide bonds. The van der Waals surface area contributed by atoms with E-state index in [4.69, 9.17) is 0 Å². The fourth-order valence-corrected chi connectivity index (χ4v) is 1.77. The fraction of sp³-hybridized carbons (Fsp3) is 0.455. The maximum Gasteiger partial charge on any atom is 0.446 e. The van der Waals surface area contributed by atoms with Crippen LogP contribution in [0.3, 0.4) is 0 Å². The molecule has 0 spiro atoms. The summed E-state index contributed by atoms with van der Waals surface area (Å²) in [6, 6.07) is 6.59. The third-order valence-electron chi connectivity index (χ3n) is 2.30. The molecule has 0 saturated carbocycles. The van der Waals surface area contributed by atoms with Gasteiger partial charge in [-0.1, -0.05) is 26.0 Å². The molecule has 0 aromatic heterocycles. The Labute approximate surface area is 91.9 Å². The summed E-state index contributed by atoms with van der Waals surface area (Å²) in [7, 11) is 0. The highest BCUT2D eigenvalue weighted by Crippen LogP contribution is 2.37. The van der Waals surface area contributed by atoms with Gasteiger partial charge in [-0.2, -0.15) is 13.2 Å². The van der Waals surface area contributed by atoms with Crippen LogP contribution < -0.4 is 0 Å². The first kappa shape index (κ1) is 12.4. The quantitative estimate of drug-likeness (QED) is 0.676. The smallest absolute Gasteiger partial charge is 0.160 e. The van der Waals surface area contributed by atoms with Crippen LogP contribution >= 0.6 is 11.8 Å². The Bertz CT molecular complexity index is 303. The molecular weight excluding hydrogens is 221 g/mol. The van der Waals surface area contributed by atoms with E-state index in [0.717, 1.165) is 12.0 Å². The molecule has 0 aliphatic heterocycles. The average Bonchev–Trinajstić information content (AvgIpc) is 2.15. The van der Waals surface area contributed by atoms with Gasteiger partial charge in [-0.3, -0.25) is 0 Å². The highest BCUT2D eigenvalue weighted by molar-refractivity contribution is 8.00. The molecule has 1 aromatic rings. The number of thioether (sulfide) groups is 1. The van der Waals surface area contributed by atoms with Gasteiger partial charge >= 0.3 is 5.51 Å². The molecule has 1 atom stereocenters. The van der Waals surface area contributed by atoms with Crippen molar-refractivity contribution in [2.24, 2.45) is 0 Å². The predicted octanol–water partition coefficient (Wildman–Crippen LogP) is 4.81. The Morgan fingerprint density at radius 3 is 2.13 bits per heavy atom. The zero-order chi connectivity index (χ0) is 11.5. The van der Waals surface area contributed by atoms with Crippen LogP contribution in [0.15, 0.2) is 29.2 Å². The number of hydrogen-bond donors (Lipinski definition) is 0. The second-order valence-corrected chi connectivity index (χ2v) is 4.56. The van der Waals surface area contributed by atoms with Gasteiger partial charge in [-0.05, 0) is 41.8 Å². The number of alkyl halides is 3. The summed E-state index contributed by atoms with van der Waals surface area (Å²) in [5, 5.41) is 0. The van der Waals surface area contributed by atoms with Crippen LogP contribution in [0.4, 0.5) is 13.2 Å². The summed E-state index contributed by atoms with van der Waals surface area (Å²) in [4.78, 5) is 0.245. The highest BCUT2D eigenvalue weighted by atomic mass is 32.2. The summed E-state index contributed by atoms with van der Waals surface area (Å²) >= 11 is -0.0712. The Morgan fingerprint density at radius 2 is 1.73 bits per heavy atom. The van der Waals surface area contributed by atoms with Crippen LogP contribution in [0, 0.1) is 0 Å². The molecule has 84 valence electrons. The lowest BCUT2D eigenvalue weighted by Gasteiger charge is -2.10. The van der Waals surface area contributed by atoms with Gasteiger partial charge in [-0.15, -0.1) is 0 Å². The van der Waals surface area contributed by atoms with Crippen LogP contribution in [-0.4, -0.2) is 5.51 Å². The predicted molar refractivity (Wildman–Crippen MR) is 57.1 cm³/mol. The van der Waals surface area contributed by atoms with E-state index in [0.29, 0.717) is 5.92 Å². The zero-order valence-electron chi connectivity index (χ0n) is 8.64. The summed E-state index contributed by atoms with van der Waals surface area (Å²) in [6.45, 7) is 4.12. The summed E-state index contributed by atoms with van der Waals surface area (Å²) in [6.07, 6.45) is 0.992. The Kier molecular flexibility index (Phi) is 4.08. The third-order valence-corrected chi connectivity index (χ3v) is 3.03. The number of hydrogen-bond acceptors (Lipinski definition) is 1. The maximum absolute atomic E-state index is 12.0. The molecular formula is C11H13F3S. The maximum atomic E-state index is 12.0. The molecule has 0 heterocycles. The van der Waals surface area contributed by atoms with E-state index in [9.17, 15) is 13.2 Å². The molecule has 1 unspecified atom stereocenters. The van der Waals surface area contributed by atoms with Gasteiger partial charge in [0, 0.05) is 4.90 Å². The average molecular weight is 234 g/mol. The van der Waals surface area contributed by atoms with Crippen molar-refractivity contribution >= 4 is 11.8 Å². The van der Waals surface area contributed by atoms with E-state index < -0.39 is 5.51 Å². The van der Waals surface area contributed by atoms with Crippen molar-refractivity contribution in [3.63, 3.8) is 0 Å². The zero-order valence-corrected chi connectivity index (χ0v) is 9.45. The van der Waals surface area contributed by atoms with E-state index in [1.165, 1.54) is 12.1 Å². The molecule has 0 aliphatic carbocycles. The number of rotatable bonds is 3. The van der Waals surface area contributed by atoms with Gasteiger partial charge in [-0.25, -0.2) is 0 Å². The lowest BCUT2D eigenvalue weighted by molar-refractivity contribution is -0.0328. The fourth-order valence-electron chi connectivity index (χ4n) is 1.23. The van der Waals surface area contributed by atoms with Crippen LogP contribution in [0.25, 0.3) is 0 Å². The minimum atomic E-state index is -4.20. The van der Waals surface area contributed by atoms with Gasteiger partial charge in [0.05, 0.1) is 0 Å². The van der Waals surface area contributed by atoms with Crippen molar-refractivity contribution in [1.29, 1.82) is 0 Å². The van der Waals surface area contributed by atoms with Gasteiger partial charge in [0.15, 0.2) is 0 Å².